The molecule has 36 heavy (non-hydrogen) atoms. The molecular formula is C24H36I6O6. The van der Waals surface area contributed by atoms with Crippen LogP contribution in [0.15, 0.2) is 0 Å². The first-order valence-electron chi connectivity index (χ1n) is 11.6. The molecule has 0 heterocycles. The molecule has 0 spiro atoms. The second-order valence-corrected chi connectivity index (χ2v) is 17.4. The summed E-state index contributed by atoms with van der Waals surface area (Å²) in [5, 5.41) is 0. The van der Waals surface area contributed by atoms with Crippen LogP contribution in [0.25, 0.3) is 0 Å². The van der Waals surface area contributed by atoms with E-state index in [1.165, 1.54) is 0 Å². The zero-order valence-corrected chi connectivity index (χ0v) is 33.1. The van der Waals surface area contributed by atoms with Crippen molar-refractivity contribution in [1.29, 1.82) is 0 Å². The highest BCUT2D eigenvalue weighted by molar-refractivity contribution is 14.1. The first-order valence-corrected chi connectivity index (χ1v) is 19.1. The first kappa shape index (κ1) is 42.9. The van der Waals surface area contributed by atoms with Crippen LogP contribution >= 0.6 is 136 Å². The molecule has 0 aliphatic carbocycles. The molecule has 0 aliphatic rings. The van der Waals surface area contributed by atoms with Gasteiger partial charge in [0.15, 0.2) is 0 Å². The van der Waals surface area contributed by atoms with Gasteiger partial charge in [-0.2, -0.15) is 0 Å². The van der Waals surface area contributed by atoms with Crippen molar-refractivity contribution < 1.29 is 28.8 Å². The lowest BCUT2D eigenvalue weighted by molar-refractivity contribution is -0.108. The highest BCUT2D eigenvalue weighted by Crippen LogP contribution is 2.23. The van der Waals surface area contributed by atoms with Gasteiger partial charge in [-0.05, 0) is 44.9 Å². The van der Waals surface area contributed by atoms with E-state index in [0.29, 0.717) is 31.0 Å². The van der Waals surface area contributed by atoms with Crippen molar-refractivity contribution in [1.82, 2.24) is 0 Å². The predicted octanol–water partition coefficient (Wildman–Crippen LogP) is 7.66. The summed E-state index contributed by atoms with van der Waals surface area (Å²) in [6, 6.07) is 0. The van der Waals surface area contributed by atoms with Gasteiger partial charge >= 0.3 is 0 Å². The highest BCUT2D eigenvalue weighted by atomic mass is 127. The van der Waals surface area contributed by atoms with Crippen LogP contribution in [0, 0.1) is 0 Å². The van der Waals surface area contributed by atoms with Crippen molar-refractivity contribution in [3.8, 4) is 0 Å². The number of unbranched alkanes of at least 4 members (excludes halogenated alkanes) is 1. The molecule has 0 aromatic rings. The van der Waals surface area contributed by atoms with Gasteiger partial charge in [-0.3, -0.25) is 0 Å². The van der Waals surface area contributed by atoms with Crippen LogP contribution in [0.4, 0.5) is 0 Å². The Morgan fingerprint density at radius 2 is 0.750 bits per heavy atom. The number of hydrogen-bond acceptors (Lipinski definition) is 6. The van der Waals surface area contributed by atoms with Crippen LogP contribution in [-0.4, -0.2) is 61.3 Å². The number of hydrogen-bond donors (Lipinski definition) is 0. The highest BCUT2D eigenvalue weighted by Gasteiger charge is 2.14. The summed E-state index contributed by atoms with van der Waals surface area (Å²) in [6.07, 6.45) is 16.4. The zero-order valence-electron chi connectivity index (χ0n) is 20.1. The topological polar surface area (TPSA) is 102 Å². The normalized spacial score (nSPS) is 15.2. The Kier molecular flexibility index (Phi) is 40.0. The fraction of sp³-hybridized carbons (Fsp3) is 0.750. The molecule has 0 aliphatic heterocycles. The molecule has 0 rings (SSSR count). The zero-order chi connectivity index (χ0) is 28.2. The molecule has 0 fully saturated rings. The molecule has 0 amide bonds. The van der Waals surface area contributed by atoms with Crippen LogP contribution in [0.5, 0.6) is 0 Å². The van der Waals surface area contributed by atoms with E-state index in [0.717, 1.165) is 95.5 Å². The largest absolute Gasteiger partial charge is 0.303 e. The van der Waals surface area contributed by atoms with Gasteiger partial charge in [-0.25, -0.2) is 0 Å². The molecule has 210 valence electrons. The molecule has 0 N–H and O–H groups in total. The second kappa shape index (κ2) is 33.6. The molecule has 0 aromatic carbocycles. The van der Waals surface area contributed by atoms with Gasteiger partial charge in [0.1, 0.15) is 37.7 Å². The summed E-state index contributed by atoms with van der Waals surface area (Å²) in [5.74, 6) is 0. The van der Waals surface area contributed by atoms with E-state index < -0.39 is 0 Å². The Bertz CT molecular complexity index is 537. The quantitative estimate of drug-likeness (QED) is 0.0507. The predicted molar refractivity (Wildman–Crippen MR) is 199 cm³/mol. The van der Waals surface area contributed by atoms with E-state index in [-0.39, 0.29) is 11.8 Å². The third-order valence-electron chi connectivity index (χ3n) is 4.52. The van der Waals surface area contributed by atoms with E-state index in [4.69, 9.17) is 0 Å². The Hall–Kier alpha value is 2.40. The van der Waals surface area contributed by atoms with Crippen molar-refractivity contribution in [3.05, 3.63) is 0 Å². The number of rotatable bonds is 21. The van der Waals surface area contributed by atoms with Crippen LogP contribution in [0.2, 0.25) is 0 Å². The first-order chi connectivity index (χ1) is 17.1. The molecule has 0 saturated heterocycles. The van der Waals surface area contributed by atoms with Crippen molar-refractivity contribution in [2.24, 2.45) is 0 Å². The van der Waals surface area contributed by atoms with E-state index in [2.05, 4.69) is 136 Å². The van der Waals surface area contributed by atoms with Gasteiger partial charge in [0.05, 0.1) is 11.8 Å². The fourth-order valence-electron chi connectivity index (χ4n) is 2.43. The summed E-state index contributed by atoms with van der Waals surface area (Å²) >= 11 is 13.4. The molecule has 6 atom stereocenters. The molecule has 6 nitrogen and oxygen atoms in total. The van der Waals surface area contributed by atoms with Crippen molar-refractivity contribution in [3.63, 3.8) is 0 Å². The number of alkyl halides is 6. The van der Waals surface area contributed by atoms with Crippen LogP contribution in [-0.2, 0) is 28.8 Å². The third kappa shape index (κ3) is 34.4. The van der Waals surface area contributed by atoms with Gasteiger partial charge in [0.2, 0.25) is 0 Å². The van der Waals surface area contributed by atoms with Crippen LogP contribution in [0.1, 0.15) is 77.0 Å². The summed E-state index contributed by atoms with van der Waals surface area (Å²) in [5.41, 5.74) is 0. The Morgan fingerprint density at radius 1 is 0.417 bits per heavy atom. The summed E-state index contributed by atoms with van der Waals surface area (Å²) in [6.45, 7) is 0. The lowest BCUT2D eigenvalue weighted by atomic mass is 10.1. The molecule has 6 unspecified atom stereocenters. The fourth-order valence-corrected chi connectivity index (χ4v) is 5.83. The minimum absolute atomic E-state index is 0.135. The van der Waals surface area contributed by atoms with Gasteiger partial charge in [0, 0.05) is 31.0 Å². The number of carbonyl (C=O) groups excluding carboxylic acids is 6. The average molecular weight is 1180 g/mol. The number of aldehydes is 6. The van der Waals surface area contributed by atoms with E-state index in [1.807, 2.05) is 0 Å². The van der Waals surface area contributed by atoms with E-state index >= 15 is 0 Å². The van der Waals surface area contributed by atoms with E-state index in [9.17, 15) is 28.8 Å². The monoisotopic (exact) mass is 1180 g/mol. The van der Waals surface area contributed by atoms with Gasteiger partial charge in [-0.15, -0.1) is 0 Å². The molecule has 12 heteroatoms. The average Bonchev–Trinajstić information content (AvgIpc) is 2.90. The minimum atomic E-state index is 0.135. The summed E-state index contributed by atoms with van der Waals surface area (Å²) in [4.78, 5) is 60.9. The van der Waals surface area contributed by atoms with Gasteiger partial charge < -0.3 is 28.8 Å². The summed E-state index contributed by atoms with van der Waals surface area (Å²) < 4.78 is 1.97. The third-order valence-corrected chi connectivity index (χ3v) is 12.9. The molecule has 0 radical (unpaired) electrons. The molecule has 0 saturated carbocycles. The maximum Gasteiger partial charge on any atom is 0.132 e. The maximum absolute atomic E-state index is 10.3. The maximum atomic E-state index is 10.3. The SMILES string of the molecule is O=CC(I)CCCCC(I)C=O.O=CCCC(I)C(I)CCC=O.O=CCCC(I)CCC(I)C=O. The van der Waals surface area contributed by atoms with Crippen LogP contribution < -0.4 is 0 Å². The Morgan fingerprint density at radius 3 is 1.08 bits per heavy atom. The second-order valence-electron chi connectivity index (χ2n) is 7.68. The Labute approximate surface area is 298 Å². The molecule has 0 aromatic heterocycles. The number of carbonyl (C=O) groups is 6. The van der Waals surface area contributed by atoms with Crippen molar-refractivity contribution >= 4 is 173 Å². The summed E-state index contributed by atoms with van der Waals surface area (Å²) in [7, 11) is 0. The van der Waals surface area contributed by atoms with Gasteiger partial charge in [0.25, 0.3) is 0 Å². The number of halogens is 6. The Balaban J connectivity index is -0.000000454. The van der Waals surface area contributed by atoms with Crippen molar-refractivity contribution in [2.45, 2.75) is 101 Å². The van der Waals surface area contributed by atoms with Gasteiger partial charge in [-0.1, -0.05) is 148 Å². The smallest absolute Gasteiger partial charge is 0.132 e. The van der Waals surface area contributed by atoms with Crippen molar-refractivity contribution in [2.75, 3.05) is 0 Å². The lowest BCUT2D eigenvalue weighted by Gasteiger charge is -2.13. The molecular weight excluding hydrogens is 1150 g/mol. The minimum Gasteiger partial charge on any atom is -0.303 e. The lowest BCUT2D eigenvalue weighted by Crippen LogP contribution is -2.13. The standard InChI is InChI=1S/3C8H12I2O2/c9-7(3-1-5-11)8(10)4-2-6-12;9-7(2-1-5-11)3-4-8(10)6-12;9-7(5-11)3-1-2-4-8(10)6-12/h3*5-8H,1-4H2. The van der Waals surface area contributed by atoms with E-state index in [1.54, 1.807) is 0 Å². The van der Waals surface area contributed by atoms with Crippen LogP contribution in [0.3, 0.4) is 0 Å². The molecule has 0 bridgehead atoms.